The largest absolute Gasteiger partial charge is 0.348 e. The predicted octanol–water partition coefficient (Wildman–Crippen LogP) is -0.161. The van der Waals surface area contributed by atoms with Gasteiger partial charge in [0.2, 0.25) is 5.91 Å². The van der Waals surface area contributed by atoms with E-state index >= 15 is 0 Å². The van der Waals surface area contributed by atoms with Gasteiger partial charge in [0.15, 0.2) is 0 Å². The molecule has 3 amide bonds. The number of piperazine rings is 1. The maximum atomic E-state index is 11.9. The van der Waals surface area contributed by atoms with Gasteiger partial charge >= 0.3 is 11.8 Å². The molecule has 0 aromatic carbocycles. The Morgan fingerprint density at radius 2 is 1.58 bits per heavy atom. The van der Waals surface area contributed by atoms with E-state index in [0.29, 0.717) is 38.6 Å². The average Bonchev–Trinajstić information content (AvgIpc) is 2.37. The smallest absolute Gasteiger partial charge is 0.312 e. The zero-order valence-corrected chi connectivity index (χ0v) is 11.9. The molecule has 0 radical (unpaired) electrons. The molecule has 0 unspecified atom stereocenters. The fourth-order valence-corrected chi connectivity index (χ4v) is 1.92. The molecule has 0 saturated carbocycles. The molecule has 0 aromatic heterocycles. The fraction of sp³-hybridized carbons (Fsp3) is 0.769. The summed E-state index contributed by atoms with van der Waals surface area (Å²) < 4.78 is 0. The maximum Gasteiger partial charge on any atom is 0.312 e. The summed E-state index contributed by atoms with van der Waals surface area (Å²) in [7, 11) is 0. The van der Waals surface area contributed by atoms with Crippen LogP contribution in [0.3, 0.4) is 0 Å². The third-order valence-corrected chi connectivity index (χ3v) is 3.21. The molecule has 0 aliphatic carbocycles. The maximum absolute atomic E-state index is 11.9. The Morgan fingerprint density at radius 1 is 1.05 bits per heavy atom. The van der Waals surface area contributed by atoms with Gasteiger partial charge < -0.3 is 15.1 Å². The van der Waals surface area contributed by atoms with E-state index in [0.717, 1.165) is 6.42 Å². The van der Waals surface area contributed by atoms with Gasteiger partial charge in [0.25, 0.3) is 0 Å². The quantitative estimate of drug-likeness (QED) is 0.724. The molecule has 1 aliphatic heterocycles. The van der Waals surface area contributed by atoms with Crippen LogP contribution in [0, 0.1) is 5.92 Å². The molecule has 1 fully saturated rings. The van der Waals surface area contributed by atoms with Gasteiger partial charge in [-0.2, -0.15) is 0 Å². The molecule has 0 aromatic rings. The molecule has 1 saturated heterocycles. The van der Waals surface area contributed by atoms with Crippen LogP contribution >= 0.6 is 0 Å². The molecular formula is C13H23N3O3. The molecular weight excluding hydrogens is 246 g/mol. The van der Waals surface area contributed by atoms with Crippen molar-refractivity contribution in [1.82, 2.24) is 15.1 Å². The Morgan fingerprint density at radius 3 is 2.05 bits per heavy atom. The summed E-state index contributed by atoms with van der Waals surface area (Å²) in [6.45, 7) is 8.02. The molecule has 1 aliphatic rings. The summed E-state index contributed by atoms with van der Waals surface area (Å²) in [5.41, 5.74) is 0. The van der Waals surface area contributed by atoms with Crippen LogP contribution in [0.5, 0.6) is 0 Å². The first-order chi connectivity index (χ1) is 8.91. The van der Waals surface area contributed by atoms with Crippen molar-refractivity contribution < 1.29 is 14.4 Å². The van der Waals surface area contributed by atoms with Crippen molar-refractivity contribution in [2.75, 3.05) is 32.7 Å². The molecule has 108 valence electrons. The highest BCUT2D eigenvalue weighted by Gasteiger charge is 2.26. The summed E-state index contributed by atoms with van der Waals surface area (Å²) in [5, 5.41) is 2.63. The van der Waals surface area contributed by atoms with Crippen LogP contribution in [0.15, 0.2) is 0 Å². The van der Waals surface area contributed by atoms with Gasteiger partial charge in [-0.3, -0.25) is 14.4 Å². The summed E-state index contributed by atoms with van der Waals surface area (Å²) in [6, 6.07) is 0. The van der Waals surface area contributed by atoms with Crippen molar-refractivity contribution in [3.05, 3.63) is 0 Å². The molecule has 0 spiro atoms. The number of rotatable bonds is 3. The van der Waals surface area contributed by atoms with Gasteiger partial charge in [-0.15, -0.1) is 0 Å². The highest BCUT2D eigenvalue weighted by molar-refractivity contribution is 6.35. The van der Waals surface area contributed by atoms with Crippen molar-refractivity contribution in [3.8, 4) is 0 Å². The van der Waals surface area contributed by atoms with Crippen molar-refractivity contribution in [2.24, 2.45) is 5.92 Å². The molecule has 0 atom stereocenters. The van der Waals surface area contributed by atoms with Crippen molar-refractivity contribution in [1.29, 1.82) is 0 Å². The average molecular weight is 269 g/mol. The number of hydrogen-bond donors (Lipinski definition) is 1. The van der Waals surface area contributed by atoms with Gasteiger partial charge in [0, 0.05) is 39.6 Å². The molecule has 19 heavy (non-hydrogen) atoms. The van der Waals surface area contributed by atoms with E-state index in [9.17, 15) is 14.4 Å². The minimum absolute atomic E-state index is 0.00786. The van der Waals surface area contributed by atoms with Crippen LogP contribution in [0.2, 0.25) is 0 Å². The monoisotopic (exact) mass is 269 g/mol. The van der Waals surface area contributed by atoms with E-state index < -0.39 is 11.8 Å². The molecule has 1 heterocycles. The van der Waals surface area contributed by atoms with Gasteiger partial charge in [0.1, 0.15) is 0 Å². The second-order valence-electron chi connectivity index (χ2n) is 5.24. The normalized spacial score (nSPS) is 15.6. The van der Waals surface area contributed by atoms with Gasteiger partial charge in [-0.1, -0.05) is 13.8 Å². The first-order valence-corrected chi connectivity index (χ1v) is 6.74. The molecule has 0 bridgehead atoms. The van der Waals surface area contributed by atoms with Crippen LogP contribution in [0.1, 0.15) is 27.2 Å². The second kappa shape index (κ2) is 7.11. The highest BCUT2D eigenvalue weighted by atomic mass is 16.2. The Kier molecular flexibility index (Phi) is 5.79. The lowest BCUT2D eigenvalue weighted by atomic mass is 10.1. The minimum atomic E-state index is -0.545. The van der Waals surface area contributed by atoms with E-state index in [1.807, 2.05) is 0 Å². The zero-order valence-electron chi connectivity index (χ0n) is 11.9. The SMILES string of the molecule is CC(=O)N1CCN(C(=O)C(=O)NCCC(C)C)CC1. The molecule has 1 N–H and O–H groups in total. The molecule has 6 heteroatoms. The van der Waals surface area contributed by atoms with E-state index in [-0.39, 0.29) is 5.91 Å². The van der Waals surface area contributed by atoms with Crippen LogP contribution in [0.25, 0.3) is 0 Å². The highest BCUT2D eigenvalue weighted by Crippen LogP contribution is 2.03. The lowest BCUT2D eigenvalue weighted by molar-refractivity contribution is -0.148. The summed E-state index contributed by atoms with van der Waals surface area (Å²) in [4.78, 5) is 37.9. The van der Waals surface area contributed by atoms with Crippen LogP contribution < -0.4 is 5.32 Å². The third-order valence-electron chi connectivity index (χ3n) is 3.21. The Bertz CT molecular complexity index is 347. The summed E-state index contributed by atoms with van der Waals surface area (Å²) >= 11 is 0. The fourth-order valence-electron chi connectivity index (χ4n) is 1.92. The lowest BCUT2D eigenvalue weighted by Gasteiger charge is -2.33. The van der Waals surface area contributed by atoms with E-state index in [1.54, 1.807) is 4.90 Å². The predicted molar refractivity (Wildman–Crippen MR) is 71.3 cm³/mol. The molecule has 1 rings (SSSR count). The Labute approximate surface area is 114 Å². The summed E-state index contributed by atoms with van der Waals surface area (Å²) in [5.74, 6) is -0.535. The Balaban J connectivity index is 2.34. The zero-order chi connectivity index (χ0) is 14.4. The van der Waals surface area contributed by atoms with Gasteiger partial charge in [-0.25, -0.2) is 0 Å². The topological polar surface area (TPSA) is 69.7 Å². The number of hydrogen-bond acceptors (Lipinski definition) is 3. The van der Waals surface area contributed by atoms with Crippen molar-refractivity contribution in [2.45, 2.75) is 27.2 Å². The Hall–Kier alpha value is -1.59. The lowest BCUT2D eigenvalue weighted by Crippen LogP contribution is -2.53. The first kappa shape index (κ1) is 15.5. The first-order valence-electron chi connectivity index (χ1n) is 6.74. The van der Waals surface area contributed by atoms with Crippen LogP contribution in [0.4, 0.5) is 0 Å². The minimum Gasteiger partial charge on any atom is -0.348 e. The number of amides is 3. The van der Waals surface area contributed by atoms with E-state index in [1.165, 1.54) is 11.8 Å². The standard InChI is InChI=1S/C13H23N3O3/c1-10(2)4-5-14-12(18)13(19)16-8-6-15(7-9-16)11(3)17/h10H,4-9H2,1-3H3,(H,14,18). The summed E-state index contributed by atoms with van der Waals surface area (Å²) in [6.07, 6.45) is 0.858. The number of nitrogens with one attached hydrogen (secondary N) is 1. The van der Waals surface area contributed by atoms with Crippen molar-refractivity contribution in [3.63, 3.8) is 0 Å². The number of carbonyl (C=O) groups is 3. The van der Waals surface area contributed by atoms with E-state index in [2.05, 4.69) is 19.2 Å². The van der Waals surface area contributed by atoms with Crippen molar-refractivity contribution >= 4 is 17.7 Å². The number of carbonyl (C=O) groups excluding carboxylic acids is 3. The van der Waals surface area contributed by atoms with Gasteiger partial charge in [-0.05, 0) is 12.3 Å². The van der Waals surface area contributed by atoms with E-state index in [4.69, 9.17) is 0 Å². The molecule has 6 nitrogen and oxygen atoms in total. The van der Waals surface area contributed by atoms with Crippen LogP contribution in [-0.2, 0) is 14.4 Å². The third kappa shape index (κ3) is 4.89. The second-order valence-corrected chi connectivity index (χ2v) is 5.24. The van der Waals surface area contributed by atoms with Gasteiger partial charge in [0.05, 0.1) is 0 Å². The number of nitrogens with zero attached hydrogens (tertiary/aromatic N) is 2. The van der Waals surface area contributed by atoms with Crippen LogP contribution in [-0.4, -0.2) is 60.2 Å².